The highest BCUT2D eigenvalue weighted by molar-refractivity contribution is 7.91. The predicted octanol–water partition coefficient (Wildman–Crippen LogP) is 3.06. The fourth-order valence-electron chi connectivity index (χ4n) is 3.57. The van der Waals surface area contributed by atoms with Crippen LogP contribution in [0.3, 0.4) is 0 Å². The van der Waals surface area contributed by atoms with Gasteiger partial charge in [-0.3, -0.25) is 0 Å². The first-order valence-electron chi connectivity index (χ1n) is 8.91. The molecular weight excluding hydrogens is 322 g/mol. The van der Waals surface area contributed by atoms with Gasteiger partial charge in [-0.15, -0.1) is 0 Å². The molecule has 1 unspecified atom stereocenters. The Balaban J connectivity index is 1.52. The number of nitrogens with one attached hydrogen (secondary N) is 1. The van der Waals surface area contributed by atoms with E-state index in [4.69, 9.17) is 4.74 Å². The molecule has 1 aromatic carbocycles. The van der Waals surface area contributed by atoms with Crippen LogP contribution in [0.1, 0.15) is 52.0 Å². The van der Waals surface area contributed by atoms with Gasteiger partial charge in [0, 0.05) is 12.6 Å². The summed E-state index contributed by atoms with van der Waals surface area (Å²) in [6, 6.07) is 7.61. The summed E-state index contributed by atoms with van der Waals surface area (Å²) in [6.45, 7) is 7.56. The van der Waals surface area contributed by atoms with Gasteiger partial charge in [-0.05, 0) is 48.8 Å². The van der Waals surface area contributed by atoms with Crippen molar-refractivity contribution >= 4 is 9.84 Å². The summed E-state index contributed by atoms with van der Waals surface area (Å²) in [5.41, 5.74) is 1.29. The van der Waals surface area contributed by atoms with E-state index < -0.39 is 9.84 Å². The maximum atomic E-state index is 12.5. The number of rotatable bonds is 5. The van der Waals surface area contributed by atoms with Gasteiger partial charge in [-0.25, -0.2) is 8.42 Å². The lowest BCUT2D eigenvalue weighted by Gasteiger charge is -2.37. The van der Waals surface area contributed by atoms with Crippen LogP contribution in [0, 0.1) is 0 Å². The summed E-state index contributed by atoms with van der Waals surface area (Å²) in [5, 5.41) is 3.36. The van der Waals surface area contributed by atoms with Crippen LogP contribution in [0.5, 0.6) is 0 Å². The molecule has 1 saturated heterocycles. The molecule has 1 aliphatic carbocycles. The van der Waals surface area contributed by atoms with Gasteiger partial charge in [0.05, 0.1) is 22.9 Å². The molecule has 1 spiro atoms. The fourth-order valence-corrected chi connectivity index (χ4v) is 4.75. The molecule has 1 atom stereocenters. The highest BCUT2D eigenvalue weighted by atomic mass is 32.2. The van der Waals surface area contributed by atoms with Crippen molar-refractivity contribution in [1.29, 1.82) is 0 Å². The summed E-state index contributed by atoms with van der Waals surface area (Å²) in [4.78, 5) is 0.412. The van der Waals surface area contributed by atoms with E-state index in [1.54, 1.807) is 12.1 Å². The summed E-state index contributed by atoms with van der Waals surface area (Å²) in [7, 11) is -3.24. The van der Waals surface area contributed by atoms with Gasteiger partial charge in [0.1, 0.15) is 0 Å². The van der Waals surface area contributed by atoms with Crippen molar-refractivity contribution in [3.63, 3.8) is 0 Å². The minimum Gasteiger partial charge on any atom is -0.373 e. The molecular formula is C19H29NO3S. The molecule has 1 N–H and O–H groups in total. The molecule has 0 amide bonds. The molecule has 2 aliphatic rings. The third kappa shape index (κ3) is 3.84. The molecule has 1 aliphatic heterocycles. The largest absolute Gasteiger partial charge is 0.373 e. The van der Waals surface area contributed by atoms with E-state index in [2.05, 4.69) is 26.1 Å². The normalized spacial score (nSPS) is 23.4. The summed E-state index contributed by atoms with van der Waals surface area (Å²) < 4.78 is 30.9. The minimum atomic E-state index is -3.24. The van der Waals surface area contributed by atoms with Gasteiger partial charge < -0.3 is 10.1 Å². The van der Waals surface area contributed by atoms with Gasteiger partial charge in [0.2, 0.25) is 0 Å². The molecule has 0 radical (unpaired) electrons. The van der Waals surface area contributed by atoms with E-state index in [9.17, 15) is 8.42 Å². The molecule has 1 heterocycles. The maximum Gasteiger partial charge on any atom is 0.179 e. The molecule has 2 fully saturated rings. The second kappa shape index (κ2) is 6.43. The van der Waals surface area contributed by atoms with Gasteiger partial charge >= 0.3 is 0 Å². The first-order valence-corrected chi connectivity index (χ1v) is 10.6. The molecule has 3 rings (SSSR count). The number of sulfone groups is 1. The van der Waals surface area contributed by atoms with Gasteiger partial charge in [0.15, 0.2) is 9.84 Å². The first kappa shape index (κ1) is 17.9. The van der Waals surface area contributed by atoms with Gasteiger partial charge in [0.25, 0.3) is 0 Å². The molecule has 4 nitrogen and oxygen atoms in total. The van der Waals surface area contributed by atoms with Crippen LogP contribution in [0.15, 0.2) is 29.2 Å². The Morgan fingerprint density at radius 1 is 1.21 bits per heavy atom. The van der Waals surface area contributed by atoms with E-state index in [0.717, 1.165) is 24.8 Å². The monoisotopic (exact) mass is 351 g/mol. The molecule has 1 saturated carbocycles. The average molecular weight is 352 g/mol. The Morgan fingerprint density at radius 3 is 2.38 bits per heavy atom. The Kier molecular flexibility index (Phi) is 4.80. The second-order valence-electron chi connectivity index (χ2n) is 8.30. The van der Waals surface area contributed by atoms with Crippen molar-refractivity contribution in [1.82, 2.24) is 5.32 Å². The standard InChI is InChI=1S/C19H29NO3S/c1-18(2,3)15-5-7-17(8-6-15)24(21,22)12-11-20-16-13-19(23-14-16)9-4-10-19/h5-8,16,20H,4,9-14H2,1-3H3. The van der Waals surface area contributed by atoms with Crippen molar-refractivity contribution in [2.24, 2.45) is 0 Å². The Hall–Kier alpha value is -0.910. The quantitative estimate of drug-likeness (QED) is 0.886. The highest BCUT2D eigenvalue weighted by Crippen LogP contribution is 2.43. The molecule has 5 heteroatoms. The summed E-state index contributed by atoms with van der Waals surface area (Å²) >= 11 is 0. The van der Waals surface area contributed by atoms with Gasteiger partial charge in [-0.1, -0.05) is 32.9 Å². The second-order valence-corrected chi connectivity index (χ2v) is 10.4. The van der Waals surface area contributed by atoms with Crippen LogP contribution >= 0.6 is 0 Å². The van der Waals surface area contributed by atoms with E-state index in [1.807, 2.05) is 12.1 Å². The Morgan fingerprint density at radius 2 is 1.88 bits per heavy atom. The van der Waals surface area contributed by atoms with E-state index in [0.29, 0.717) is 24.1 Å². The van der Waals surface area contributed by atoms with Crippen LogP contribution in [0.4, 0.5) is 0 Å². The predicted molar refractivity (Wildman–Crippen MR) is 96.1 cm³/mol. The van der Waals surface area contributed by atoms with Crippen LogP contribution in [0.2, 0.25) is 0 Å². The minimum absolute atomic E-state index is 0.0316. The van der Waals surface area contributed by atoms with Crippen molar-refractivity contribution in [2.45, 2.75) is 68.4 Å². The van der Waals surface area contributed by atoms with Gasteiger partial charge in [-0.2, -0.15) is 0 Å². The number of benzene rings is 1. The third-order valence-corrected chi connectivity index (χ3v) is 7.09. The smallest absolute Gasteiger partial charge is 0.179 e. The maximum absolute atomic E-state index is 12.5. The molecule has 24 heavy (non-hydrogen) atoms. The average Bonchev–Trinajstić information content (AvgIpc) is 2.91. The van der Waals surface area contributed by atoms with Crippen molar-refractivity contribution in [3.05, 3.63) is 29.8 Å². The van der Waals surface area contributed by atoms with E-state index in [1.165, 1.54) is 6.42 Å². The van der Waals surface area contributed by atoms with Crippen molar-refractivity contribution in [2.75, 3.05) is 18.9 Å². The van der Waals surface area contributed by atoms with Crippen molar-refractivity contribution < 1.29 is 13.2 Å². The third-order valence-electron chi connectivity index (χ3n) is 5.36. The zero-order chi connectivity index (χ0) is 17.4. The Labute approximate surface area is 145 Å². The summed E-state index contributed by atoms with van der Waals surface area (Å²) in [5.74, 6) is 0.130. The lowest BCUT2D eigenvalue weighted by Crippen LogP contribution is -2.38. The lowest BCUT2D eigenvalue weighted by molar-refractivity contribution is -0.0563. The van der Waals surface area contributed by atoms with Crippen LogP contribution < -0.4 is 5.32 Å². The molecule has 0 bridgehead atoms. The van der Waals surface area contributed by atoms with E-state index in [-0.39, 0.29) is 16.8 Å². The molecule has 134 valence electrons. The lowest BCUT2D eigenvalue weighted by atomic mass is 9.77. The zero-order valence-corrected chi connectivity index (χ0v) is 15.8. The van der Waals surface area contributed by atoms with Crippen molar-refractivity contribution in [3.8, 4) is 0 Å². The fraction of sp³-hybridized carbons (Fsp3) is 0.684. The molecule has 0 aromatic heterocycles. The summed E-state index contributed by atoms with van der Waals surface area (Å²) in [6.07, 6.45) is 4.59. The number of hydrogen-bond acceptors (Lipinski definition) is 4. The van der Waals surface area contributed by atoms with Crippen LogP contribution in [-0.4, -0.2) is 39.0 Å². The Bertz CT molecular complexity index is 670. The van der Waals surface area contributed by atoms with Crippen LogP contribution in [-0.2, 0) is 20.0 Å². The SMILES string of the molecule is CC(C)(C)c1ccc(S(=O)(=O)CCNC2COC3(CCC3)C2)cc1. The molecule has 1 aromatic rings. The van der Waals surface area contributed by atoms with Crippen LogP contribution in [0.25, 0.3) is 0 Å². The zero-order valence-electron chi connectivity index (χ0n) is 15.0. The highest BCUT2D eigenvalue weighted by Gasteiger charge is 2.44. The van der Waals surface area contributed by atoms with E-state index >= 15 is 0 Å². The topological polar surface area (TPSA) is 55.4 Å². The number of ether oxygens (including phenoxy) is 1. The number of hydrogen-bond donors (Lipinski definition) is 1. The first-order chi connectivity index (χ1) is 11.2.